The van der Waals surface area contributed by atoms with Gasteiger partial charge in [0, 0.05) is 23.0 Å². The third-order valence-corrected chi connectivity index (χ3v) is 4.59. The first-order chi connectivity index (χ1) is 9.65. The normalized spacial score (nSPS) is 13.3. The molecule has 0 bridgehead atoms. The van der Waals surface area contributed by atoms with Crippen molar-refractivity contribution in [2.75, 3.05) is 0 Å². The molecular weight excluding hydrogens is 242 g/mol. The largest absolute Gasteiger partial charge is 0.340 e. The standard InChI is InChI=1S/C19H19N/c1-12-4-6-16-15(10-12)8-9-20-18-7-5-13(2)11-17(18)14(3)19(16)20/h4-7,10-11H,8-9H2,1-3H3. The summed E-state index contributed by atoms with van der Waals surface area (Å²) in [6.45, 7) is 7.72. The van der Waals surface area contributed by atoms with Crippen LogP contribution >= 0.6 is 0 Å². The molecule has 0 unspecified atom stereocenters. The van der Waals surface area contributed by atoms with E-state index in [1.165, 1.54) is 44.4 Å². The SMILES string of the molecule is Cc1ccc2c(c1)CCn1c-2c(C)c2cc(C)ccc21. The van der Waals surface area contributed by atoms with Gasteiger partial charge >= 0.3 is 0 Å². The van der Waals surface area contributed by atoms with Crippen molar-refractivity contribution >= 4 is 10.9 Å². The van der Waals surface area contributed by atoms with Crippen molar-refractivity contribution in [3.8, 4) is 11.3 Å². The fraction of sp³-hybridized carbons (Fsp3) is 0.263. The highest BCUT2D eigenvalue weighted by Gasteiger charge is 2.21. The van der Waals surface area contributed by atoms with Crippen LogP contribution in [0.15, 0.2) is 36.4 Å². The Labute approximate surface area is 119 Å². The van der Waals surface area contributed by atoms with Crippen molar-refractivity contribution in [3.05, 3.63) is 58.7 Å². The summed E-state index contributed by atoms with van der Waals surface area (Å²) in [5, 5.41) is 1.41. The fourth-order valence-electron chi connectivity index (χ4n) is 3.61. The van der Waals surface area contributed by atoms with Gasteiger partial charge in [0.2, 0.25) is 0 Å². The lowest BCUT2D eigenvalue weighted by Crippen LogP contribution is -2.11. The molecule has 0 atom stereocenters. The number of aryl methyl sites for hydroxylation is 5. The van der Waals surface area contributed by atoms with Gasteiger partial charge in [-0.25, -0.2) is 0 Å². The van der Waals surface area contributed by atoms with E-state index >= 15 is 0 Å². The molecule has 0 radical (unpaired) electrons. The van der Waals surface area contributed by atoms with Gasteiger partial charge in [-0.1, -0.05) is 35.4 Å². The third-order valence-electron chi connectivity index (χ3n) is 4.59. The molecule has 1 nitrogen and oxygen atoms in total. The lowest BCUT2D eigenvalue weighted by atomic mass is 9.95. The maximum Gasteiger partial charge on any atom is 0.0523 e. The Morgan fingerprint density at radius 3 is 2.50 bits per heavy atom. The van der Waals surface area contributed by atoms with E-state index in [2.05, 4.69) is 61.7 Å². The van der Waals surface area contributed by atoms with Crippen LogP contribution in [-0.2, 0) is 13.0 Å². The highest BCUT2D eigenvalue weighted by molar-refractivity contribution is 5.93. The average Bonchev–Trinajstić information content (AvgIpc) is 2.72. The van der Waals surface area contributed by atoms with Gasteiger partial charge in [0.1, 0.15) is 0 Å². The predicted molar refractivity (Wildman–Crippen MR) is 85.3 cm³/mol. The summed E-state index contributed by atoms with van der Waals surface area (Å²) in [5.41, 5.74) is 9.86. The van der Waals surface area contributed by atoms with Gasteiger partial charge in [-0.15, -0.1) is 0 Å². The first kappa shape index (κ1) is 11.8. The quantitative estimate of drug-likeness (QED) is 0.548. The molecule has 2 aromatic carbocycles. The van der Waals surface area contributed by atoms with Gasteiger partial charge in [-0.2, -0.15) is 0 Å². The summed E-state index contributed by atoms with van der Waals surface area (Å²) in [6.07, 6.45) is 1.14. The van der Waals surface area contributed by atoms with Crippen LogP contribution in [0.2, 0.25) is 0 Å². The molecule has 0 amide bonds. The molecule has 0 saturated carbocycles. The van der Waals surface area contributed by atoms with Gasteiger partial charge in [-0.3, -0.25) is 0 Å². The monoisotopic (exact) mass is 261 g/mol. The van der Waals surface area contributed by atoms with Crippen LogP contribution in [-0.4, -0.2) is 4.57 Å². The van der Waals surface area contributed by atoms with E-state index in [4.69, 9.17) is 0 Å². The Morgan fingerprint density at radius 1 is 0.900 bits per heavy atom. The van der Waals surface area contributed by atoms with Crippen molar-refractivity contribution in [3.63, 3.8) is 0 Å². The molecule has 0 spiro atoms. The van der Waals surface area contributed by atoms with Gasteiger partial charge in [0.05, 0.1) is 5.69 Å². The molecule has 1 aliphatic rings. The van der Waals surface area contributed by atoms with Gasteiger partial charge in [0.15, 0.2) is 0 Å². The molecule has 2 heterocycles. The lowest BCUT2D eigenvalue weighted by molar-refractivity contribution is 0.708. The molecule has 20 heavy (non-hydrogen) atoms. The molecule has 4 rings (SSSR count). The van der Waals surface area contributed by atoms with Crippen LogP contribution in [0, 0.1) is 20.8 Å². The molecule has 1 aromatic heterocycles. The van der Waals surface area contributed by atoms with Crippen molar-refractivity contribution in [1.82, 2.24) is 4.57 Å². The summed E-state index contributed by atoms with van der Waals surface area (Å²) < 4.78 is 2.50. The van der Waals surface area contributed by atoms with Crippen molar-refractivity contribution in [2.24, 2.45) is 0 Å². The molecule has 100 valence electrons. The van der Waals surface area contributed by atoms with Crippen molar-refractivity contribution in [1.29, 1.82) is 0 Å². The highest BCUT2D eigenvalue weighted by atomic mass is 15.0. The highest BCUT2D eigenvalue weighted by Crippen LogP contribution is 2.38. The number of benzene rings is 2. The van der Waals surface area contributed by atoms with Crippen LogP contribution in [0.5, 0.6) is 0 Å². The molecule has 0 aliphatic carbocycles. The molecule has 3 aromatic rings. The third kappa shape index (κ3) is 1.49. The van der Waals surface area contributed by atoms with Crippen LogP contribution in [0.25, 0.3) is 22.2 Å². The Morgan fingerprint density at radius 2 is 1.65 bits per heavy atom. The smallest absolute Gasteiger partial charge is 0.0523 e. The summed E-state index contributed by atoms with van der Waals surface area (Å²) >= 11 is 0. The minimum Gasteiger partial charge on any atom is -0.340 e. The Bertz CT molecular complexity index is 837. The van der Waals surface area contributed by atoms with E-state index in [1.54, 1.807) is 0 Å². The van der Waals surface area contributed by atoms with E-state index in [0.717, 1.165) is 13.0 Å². The second kappa shape index (κ2) is 3.99. The Balaban J connectivity index is 2.10. The van der Waals surface area contributed by atoms with E-state index in [1.807, 2.05) is 0 Å². The van der Waals surface area contributed by atoms with E-state index in [9.17, 15) is 0 Å². The number of fused-ring (bicyclic) bond motifs is 5. The average molecular weight is 261 g/mol. The molecule has 1 heteroatoms. The summed E-state index contributed by atoms with van der Waals surface area (Å²) in [7, 11) is 0. The van der Waals surface area contributed by atoms with E-state index in [0.29, 0.717) is 0 Å². The summed E-state index contributed by atoms with van der Waals surface area (Å²) in [6, 6.07) is 13.7. The minimum absolute atomic E-state index is 1.10. The van der Waals surface area contributed by atoms with E-state index in [-0.39, 0.29) is 0 Å². The zero-order valence-corrected chi connectivity index (χ0v) is 12.3. The number of hydrogen-bond acceptors (Lipinski definition) is 0. The molecule has 0 fully saturated rings. The molecular formula is C19H19N. The summed E-state index contributed by atoms with van der Waals surface area (Å²) in [4.78, 5) is 0. The molecule has 1 aliphatic heterocycles. The van der Waals surface area contributed by atoms with Crippen LogP contribution in [0.3, 0.4) is 0 Å². The first-order valence-corrected chi connectivity index (χ1v) is 7.34. The maximum absolute atomic E-state index is 2.50. The van der Waals surface area contributed by atoms with Gasteiger partial charge in [0.25, 0.3) is 0 Å². The van der Waals surface area contributed by atoms with E-state index < -0.39 is 0 Å². The summed E-state index contributed by atoms with van der Waals surface area (Å²) in [5.74, 6) is 0. The molecule has 0 N–H and O–H groups in total. The van der Waals surface area contributed by atoms with Crippen molar-refractivity contribution < 1.29 is 0 Å². The second-order valence-corrected chi connectivity index (χ2v) is 6.06. The van der Waals surface area contributed by atoms with Crippen LogP contribution in [0.1, 0.15) is 22.3 Å². The Hall–Kier alpha value is -2.02. The van der Waals surface area contributed by atoms with Gasteiger partial charge < -0.3 is 4.57 Å². The maximum atomic E-state index is 2.50. The first-order valence-electron chi connectivity index (χ1n) is 7.34. The second-order valence-electron chi connectivity index (χ2n) is 6.06. The van der Waals surface area contributed by atoms with Crippen LogP contribution < -0.4 is 0 Å². The number of nitrogens with zero attached hydrogens (tertiary/aromatic N) is 1. The predicted octanol–water partition coefficient (Wildman–Crippen LogP) is 4.79. The topological polar surface area (TPSA) is 4.93 Å². The van der Waals surface area contributed by atoms with Gasteiger partial charge in [-0.05, 0) is 50.5 Å². The number of hydrogen-bond donors (Lipinski definition) is 0. The lowest BCUT2D eigenvalue weighted by Gasteiger charge is -2.21. The van der Waals surface area contributed by atoms with Crippen molar-refractivity contribution in [2.45, 2.75) is 33.7 Å². The number of aromatic nitrogens is 1. The van der Waals surface area contributed by atoms with Crippen LogP contribution in [0.4, 0.5) is 0 Å². The number of rotatable bonds is 0. The minimum atomic E-state index is 1.10. The zero-order chi connectivity index (χ0) is 13.9. The zero-order valence-electron chi connectivity index (χ0n) is 12.3. The molecule has 0 saturated heterocycles. The Kier molecular flexibility index (Phi) is 2.35. The fourth-order valence-corrected chi connectivity index (χ4v) is 3.61.